The zero-order valence-corrected chi connectivity index (χ0v) is 10.3. The summed E-state index contributed by atoms with van der Waals surface area (Å²) < 4.78 is 0. The predicted molar refractivity (Wildman–Crippen MR) is 74.0 cm³/mol. The van der Waals surface area contributed by atoms with Crippen LogP contribution in [0.1, 0.15) is 23.6 Å². The van der Waals surface area contributed by atoms with Crippen molar-refractivity contribution in [1.82, 2.24) is 0 Å². The number of benzene rings is 2. The lowest BCUT2D eigenvalue weighted by Crippen LogP contribution is -1.93. The van der Waals surface area contributed by atoms with E-state index < -0.39 is 0 Å². The van der Waals surface area contributed by atoms with E-state index in [0.717, 1.165) is 6.42 Å². The van der Waals surface area contributed by atoms with Crippen LogP contribution < -0.4 is 0 Å². The number of rotatable bonds is 1. The standard InChI is InChI=1S/C17H16/c1-12-10-15-9-8-13(2)17(16(15)11-12)14-6-4-3-5-7-14/h3-10H,11H2,1-2H3. The van der Waals surface area contributed by atoms with Crippen LogP contribution in [0.25, 0.3) is 17.2 Å². The second-order valence-electron chi connectivity index (χ2n) is 4.86. The van der Waals surface area contributed by atoms with E-state index in [0.29, 0.717) is 0 Å². The Morgan fingerprint density at radius 1 is 0.882 bits per heavy atom. The van der Waals surface area contributed by atoms with Crippen LogP contribution in [0, 0.1) is 6.92 Å². The van der Waals surface area contributed by atoms with Crippen molar-refractivity contribution < 1.29 is 0 Å². The molecule has 0 amide bonds. The van der Waals surface area contributed by atoms with Crippen LogP contribution in [0.5, 0.6) is 0 Å². The molecule has 3 rings (SSSR count). The first-order valence-corrected chi connectivity index (χ1v) is 6.11. The summed E-state index contributed by atoms with van der Waals surface area (Å²) in [5, 5.41) is 0. The van der Waals surface area contributed by atoms with Crippen LogP contribution in [0.3, 0.4) is 0 Å². The summed E-state index contributed by atoms with van der Waals surface area (Å²) >= 11 is 0. The molecule has 2 aromatic carbocycles. The Labute approximate surface area is 103 Å². The minimum absolute atomic E-state index is 1.10. The van der Waals surface area contributed by atoms with Crippen molar-refractivity contribution in [3.63, 3.8) is 0 Å². The van der Waals surface area contributed by atoms with Crippen molar-refractivity contribution >= 4 is 6.08 Å². The molecule has 2 aromatic rings. The summed E-state index contributed by atoms with van der Waals surface area (Å²) in [5.74, 6) is 0. The summed E-state index contributed by atoms with van der Waals surface area (Å²) in [6, 6.07) is 15.2. The lowest BCUT2D eigenvalue weighted by molar-refractivity contribution is 1.19. The highest BCUT2D eigenvalue weighted by Crippen LogP contribution is 2.35. The Morgan fingerprint density at radius 2 is 1.65 bits per heavy atom. The van der Waals surface area contributed by atoms with Crippen molar-refractivity contribution in [3.05, 3.63) is 64.7 Å². The maximum absolute atomic E-state index is 2.31. The van der Waals surface area contributed by atoms with Crippen molar-refractivity contribution in [2.45, 2.75) is 20.3 Å². The zero-order valence-electron chi connectivity index (χ0n) is 10.3. The van der Waals surface area contributed by atoms with Gasteiger partial charge in [0.25, 0.3) is 0 Å². The normalized spacial score (nSPS) is 13.4. The third-order valence-corrected chi connectivity index (χ3v) is 3.48. The summed E-state index contributed by atoms with van der Waals surface area (Å²) in [6.07, 6.45) is 3.41. The highest BCUT2D eigenvalue weighted by atomic mass is 14.2. The van der Waals surface area contributed by atoms with E-state index in [9.17, 15) is 0 Å². The molecular weight excluding hydrogens is 204 g/mol. The topological polar surface area (TPSA) is 0 Å². The van der Waals surface area contributed by atoms with Gasteiger partial charge in [0.15, 0.2) is 0 Å². The molecule has 0 unspecified atom stereocenters. The molecule has 0 saturated heterocycles. The maximum atomic E-state index is 2.31. The zero-order chi connectivity index (χ0) is 11.8. The van der Waals surface area contributed by atoms with Gasteiger partial charge in [-0.1, -0.05) is 54.1 Å². The lowest BCUT2D eigenvalue weighted by Gasteiger charge is -2.12. The maximum Gasteiger partial charge on any atom is -0.00543 e. The van der Waals surface area contributed by atoms with E-state index in [1.165, 1.54) is 33.4 Å². The molecule has 0 bridgehead atoms. The van der Waals surface area contributed by atoms with Gasteiger partial charge < -0.3 is 0 Å². The van der Waals surface area contributed by atoms with Crippen LogP contribution in [0.15, 0.2) is 48.0 Å². The number of hydrogen-bond donors (Lipinski definition) is 0. The van der Waals surface area contributed by atoms with Gasteiger partial charge >= 0.3 is 0 Å². The second-order valence-corrected chi connectivity index (χ2v) is 4.86. The van der Waals surface area contributed by atoms with Gasteiger partial charge in [0.05, 0.1) is 0 Å². The quantitative estimate of drug-likeness (QED) is 0.657. The molecule has 1 aliphatic carbocycles. The fourth-order valence-electron chi connectivity index (χ4n) is 2.71. The number of aryl methyl sites for hydroxylation is 1. The second kappa shape index (κ2) is 3.89. The Bertz CT molecular complexity index is 589. The van der Waals surface area contributed by atoms with Gasteiger partial charge in [-0.2, -0.15) is 0 Å². The minimum atomic E-state index is 1.10. The predicted octanol–water partition coefficient (Wildman–Crippen LogP) is 4.62. The van der Waals surface area contributed by atoms with Gasteiger partial charge in [0, 0.05) is 0 Å². The van der Waals surface area contributed by atoms with Gasteiger partial charge in [0.1, 0.15) is 0 Å². The number of allylic oxidation sites excluding steroid dienone is 1. The van der Waals surface area contributed by atoms with Gasteiger partial charge in [-0.05, 0) is 48.1 Å². The Hall–Kier alpha value is -1.82. The van der Waals surface area contributed by atoms with Crippen LogP contribution in [-0.2, 0) is 6.42 Å². The Kier molecular flexibility index (Phi) is 2.36. The molecule has 0 heteroatoms. The molecule has 0 aromatic heterocycles. The monoisotopic (exact) mass is 220 g/mol. The van der Waals surface area contributed by atoms with E-state index in [1.54, 1.807) is 0 Å². The molecule has 0 heterocycles. The molecule has 0 aliphatic heterocycles. The lowest BCUT2D eigenvalue weighted by atomic mass is 9.92. The number of fused-ring (bicyclic) bond motifs is 1. The average Bonchev–Trinajstić information content (AvgIpc) is 2.70. The van der Waals surface area contributed by atoms with Crippen molar-refractivity contribution in [1.29, 1.82) is 0 Å². The fraction of sp³-hybridized carbons (Fsp3) is 0.176. The molecule has 17 heavy (non-hydrogen) atoms. The highest BCUT2D eigenvalue weighted by molar-refractivity contribution is 5.79. The minimum Gasteiger partial charge on any atom is -0.0683 e. The van der Waals surface area contributed by atoms with Crippen LogP contribution >= 0.6 is 0 Å². The van der Waals surface area contributed by atoms with Crippen molar-refractivity contribution in [2.75, 3.05) is 0 Å². The van der Waals surface area contributed by atoms with Crippen molar-refractivity contribution in [2.24, 2.45) is 0 Å². The SMILES string of the molecule is CC1=Cc2ccc(C)c(-c3ccccc3)c2C1. The van der Waals surface area contributed by atoms with E-state index in [2.05, 4.69) is 62.4 Å². The summed E-state index contributed by atoms with van der Waals surface area (Å²) in [5.41, 5.74) is 8.49. The van der Waals surface area contributed by atoms with E-state index in [1.807, 2.05) is 0 Å². The molecule has 0 fully saturated rings. The summed E-state index contributed by atoms with van der Waals surface area (Å²) in [7, 11) is 0. The van der Waals surface area contributed by atoms with Crippen LogP contribution in [0.2, 0.25) is 0 Å². The molecular formula is C17H16. The fourth-order valence-corrected chi connectivity index (χ4v) is 2.71. The van der Waals surface area contributed by atoms with Crippen LogP contribution in [0.4, 0.5) is 0 Å². The van der Waals surface area contributed by atoms with E-state index in [-0.39, 0.29) is 0 Å². The smallest absolute Gasteiger partial charge is 0.00543 e. The Morgan fingerprint density at radius 3 is 2.41 bits per heavy atom. The molecule has 1 aliphatic rings. The first kappa shape index (κ1) is 10.3. The first-order chi connectivity index (χ1) is 8.25. The molecule has 0 nitrogen and oxygen atoms in total. The van der Waals surface area contributed by atoms with Gasteiger partial charge in [-0.15, -0.1) is 0 Å². The highest BCUT2D eigenvalue weighted by Gasteiger charge is 2.16. The molecule has 0 radical (unpaired) electrons. The summed E-state index contributed by atoms with van der Waals surface area (Å²) in [6.45, 7) is 4.42. The van der Waals surface area contributed by atoms with E-state index >= 15 is 0 Å². The van der Waals surface area contributed by atoms with Gasteiger partial charge in [-0.25, -0.2) is 0 Å². The largest absolute Gasteiger partial charge is 0.0683 e. The average molecular weight is 220 g/mol. The molecule has 0 spiro atoms. The van der Waals surface area contributed by atoms with E-state index in [4.69, 9.17) is 0 Å². The van der Waals surface area contributed by atoms with Gasteiger partial charge in [-0.3, -0.25) is 0 Å². The number of hydrogen-bond acceptors (Lipinski definition) is 0. The Balaban J connectivity index is 2.23. The van der Waals surface area contributed by atoms with Crippen molar-refractivity contribution in [3.8, 4) is 11.1 Å². The molecule has 0 N–H and O–H groups in total. The third-order valence-electron chi connectivity index (χ3n) is 3.48. The summed E-state index contributed by atoms with van der Waals surface area (Å²) in [4.78, 5) is 0. The molecule has 0 atom stereocenters. The van der Waals surface area contributed by atoms with Crippen LogP contribution in [-0.4, -0.2) is 0 Å². The first-order valence-electron chi connectivity index (χ1n) is 6.11. The molecule has 0 saturated carbocycles. The van der Waals surface area contributed by atoms with Gasteiger partial charge in [0.2, 0.25) is 0 Å². The molecule has 84 valence electrons. The third kappa shape index (κ3) is 1.70.